The predicted octanol–water partition coefficient (Wildman–Crippen LogP) is 0.533. The third-order valence-corrected chi connectivity index (χ3v) is 6.50. The third-order valence-electron chi connectivity index (χ3n) is 5.51. The van der Waals surface area contributed by atoms with Crippen LogP contribution in [0.3, 0.4) is 0 Å². The van der Waals surface area contributed by atoms with Crippen molar-refractivity contribution in [3.05, 3.63) is 60.2 Å². The van der Waals surface area contributed by atoms with Gasteiger partial charge in [0.1, 0.15) is 0 Å². The van der Waals surface area contributed by atoms with Crippen LogP contribution in [0.1, 0.15) is 58.9 Å². The molecule has 11 heteroatoms. The van der Waals surface area contributed by atoms with Crippen LogP contribution < -0.4 is 45.7 Å². The number of nitrogens with one attached hydrogen (secondary N) is 1. The van der Waals surface area contributed by atoms with Crippen molar-refractivity contribution in [3.8, 4) is 11.1 Å². The topological polar surface area (TPSA) is 154 Å². The molecule has 0 saturated carbocycles. The maximum Gasteiger partial charge on any atom is 1.00 e. The molecular weight excluding hydrogens is 579 g/mol. The standard InChI is InChI=1S/C14H29NO4S.C13H12.C2H5NO.C2H6.CH2O2.Na/c1-3-20-8-4-7-18-14-10-11(16)9-13(19-14)12(17)5-6-15-2;1-11-7-9-13(10-8-11)12-5-3-2-4-6-12;1-2(3)4;1-2;2-1-3;/h11-17H,3-10H2,1-2H3;2-10H,1H3;1H3,(H2,3,4);1-2H3;1H,(H,2,3);/q;;;;;+1/p-1. The molecule has 1 aliphatic rings. The second-order valence-electron chi connectivity index (χ2n) is 9.05. The number of amides is 1. The second-order valence-corrected chi connectivity index (χ2v) is 10.4. The number of nitrogens with two attached hydrogens (primary N) is 1. The number of aliphatic hydroxyl groups is 2. The van der Waals surface area contributed by atoms with Gasteiger partial charge in [0.15, 0.2) is 6.29 Å². The molecule has 5 N–H and O–H groups in total. The van der Waals surface area contributed by atoms with Crippen molar-refractivity contribution in [1.29, 1.82) is 0 Å². The number of thioether (sulfide) groups is 1. The zero-order chi connectivity index (χ0) is 32.2. The summed E-state index contributed by atoms with van der Waals surface area (Å²) in [6.45, 7) is 10.4. The van der Waals surface area contributed by atoms with Gasteiger partial charge in [0.2, 0.25) is 5.91 Å². The fourth-order valence-electron chi connectivity index (χ4n) is 3.62. The van der Waals surface area contributed by atoms with E-state index in [-0.39, 0.29) is 47.9 Å². The Kier molecular flexibility index (Phi) is 34.1. The van der Waals surface area contributed by atoms with Gasteiger partial charge < -0.3 is 40.6 Å². The summed E-state index contributed by atoms with van der Waals surface area (Å²) < 4.78 is 11.4. The Morgan fingerprint density at radius 3 is 2.21 bits per heavy atom. The summed E-state index contributed by atoms with van der Waals surface area (Å²) in [7, 11) is 1.85. The Morgan fingerprint density at radius 2 is 1.70 bits per heavy atom. The van der Waals surface area contributed by atoms with Crippen LogP contribution in [0.5, 0.6) is 0 Å². The van der Waals surface area contributed by atoms with Gasteiger partial charge in [-0.3, -0.25) is 4.79 Å². The number of ether oxygens (including phenoxy) is 2. The molecule has 240 valence electrons. The van der Waals surface area contributed by atoms with Crippen molar-refractivity contribution in [2.45, 2.75) is 84.9 Å². The minimum absolute atomic E-state index is 0. The molecule has 2 aromatic rings. The fraction of sp³-hybridized carbons (Fsp3) is 0.562. The molecule has 43 heavy (non-hydrogen) atoms. The maximum absolute atomic E-state index is 10.0. The number of aryl methyl sites for hydroxylation is 1. The van der Waals surface area contributed by atoms with E-state index in [1.54, 1.807) is 0 Å². The van der Waals surface area contributed by atoms with Crippen LogP contribution >= 0.6 is 11.8 Å². The Morgan fingerprint density at radius 1 is 1.16 bits per heavy atom. The zero-order valence-electron chi connectivity index (χ0n) is 27.2. The molecule has 1 heterocycles. The molecule has 0 spiro atoms. The molecule has 4 atom stereocenters. The number of aliphatic hydroxyl groups excluding tert-OH is 2. The van der Waals surface area contributed by atoms with E-state index < -0.39 is 18.7 Å². The van der Waals surface area contributed by atoms with Crippen molar-refractivity contribution >= 4 is 24.1 Å². The van der Waals surface area contributed by atoms with E-state index in [1.165, 1.54) is 23.6 Å². The van der Waals surface area contributed by atoms with Gasteiger partial charge in [-0.1, -0.05) is 80.9 Å². The molecule has 1 saturated heterocycles. The molecule has 0 aromatic heterocycles. The number of carbonyl (C=O) groups is 2. The van der Waals surface area contributed by atoms with Crippen molar-refractivity contribution < 1.29 is 63.9 Å². The molecule has 1 amide bonds. The first-order valence-corrected chi connectivity index (χ1v) is 15.6. The molecule has 1 fully saturated rings. The summed E-state index contributed by atoms with van der Waals surface area (Å²) in [6.07, 6.45) is 0.857. The van der Waals surface area contributed by atoms with Crippen molar-refractivity contribution in [2.75, 3.05) is 31.7 Å². The van der Waals surface area contributed by atoms with Gasteiger partial charge in [-0.25, -0.2) is 0 Å². The van der Waals surface area contributed by atoms with Crippen LogP contribution in [0.25, 0.3) is 11.1 Å². The molecule has 2 aromatic carbocycles. The van der Waals surface area contributed by atoms with Crippen LogP contribution in [0.4, 0.5) is 0 Å². The molecule has 0 aliphatic carbocycles. The van der Waals surface area contributed by atoms with Gasteiger partial charge in [-0.05, 0) is 56.0 Å². The smallest absolute Gasteiger partial charge is 0.554 e. The summed E-state index contributed by atoms with van der Waals surface area (Å²) in [5, 5.41) is 31.2. The molecule has 3 rings (SSSR count). The van der Waals surface area contributed by atoms with Gasteiger partial charge in [0.25, 0.3) is 0 Å². The van der Waals surface area contributed by atoms with E-state index in [0.717, 1.165) is 24.5 Å². The number of hydrogen-bond donors (Lipinski definition) is 4. The molecular formula is C32H53N2NaO7S. The number of benzene rings is 2. The van der Waals surface area contributed by atoms with Gasteiger partial charge >= 0.3 is 29.6 Å². The third kappa shape index (κ3) is 26.6. The van der Waals surface area contributed by atoms with Crippen molar-refractivity contribution in [3.63, 3.8) is 0 Å². The minimum Gasteiger partial charge on any atom is -0.554 e. The van der Waals surface area contributed by atoms with Crippen LogP contribution in [0.15, 0.2) is 54.6 Å². The molecule has 0 bridgehead atoms. The first-order valence-electron chi connectivity index (χ1n) is 14.5. The Labute approximate surface area is 285 Å². The number of primary amides is 1. The normalized spacial score (nSPS) is 17.3. The number of carboxylic acid groups (broad SMARTS) is 1. The van der Waals surface area contributed by atoms with Gasteiger partial charge in [0, 0.05) is 26.2 Å². The van der Waals surface area contributed by atoms with Crippen LogP contribution in [-0.4, -0.2) is 78.9 Å². The first kappa shape index (κ1) is 46.0. The van der Waals surface area contributed by atoms with E-state index in [0.29, 0.717) is 25.9 Å². The summed E-state index contributed by atoms with van der Waals surface area (Å²) >= 11 is 1.89. The first-order chi connectivity index (χ1) is 20.2. The van der Waals surface area contributed by atoms with Crippen LogP contribution in [-0.2, 0) is 19.1 Å². The Balaban J connectivity index is -0.000000595. The average molecular weight is 633 g/mol. The van der Waals surface area contributed by atoms with Crippen molar-refractivity contribution in [2.24, 2.45) is 5.73 Å². The molecule has 9 nitrogen and oxygen atoms in total. The molecule has 1 aliphatic heterocycles. The van der Waals surface area contributed by atoms with Gasteiger partial charge in [-0.2, -0.15) is 11.8 Å². The monoisotopic (exact) mass is 632 g/mol. The van der Waals surface area contributed by atoms with Crippen LogP contribution in [0, 0.1) is 6.92 Å². The van der Waals surface area contributed by atoms with E-state index in [1.807, 2.05) is 38.7 Å². The molecule has 0 radical (unpaired) electrons. The van der Waals surface area contributed by atoms with Gasteiger partial charge in [-0.15, -0.1) is 0 Å². The number of carbonyl (C=O) groups excluding carboxylic acids is 2. The van der Waals surface area contributed by atoms with E-state index in [2.05, 4.69) is 73.4 Å². The Hall–Kier alpha value is -1.47. The second kappa shape index (κ2) is 31.9. The largest absolute Gasteiger partial charge is 1.00 e. The van der Waals surface area contributed by atoms with E-state index >= 15 is 0 Å². The summed E-state index contributed by atoms with van der Waals surface area (Å²) in [6, 6.07) is 19.0. The fourth-order valence-corrected chi connectivity index (χ4v) is 4.23. The SMILES string of the molecule is CC.CC(N)=O.CCSCCCOC1CC(O)CC(C(O)CCNC)O1.Cc1ccc(-c2ccccc2)cc1.O=C[O-].[Na+]. The summed E-state index contributed by atoms with van der Waals surface area (Å²) in [5.74, 6) is 1.87. The quantitative estimate of drug-likeness (QED) is 0.158. The van der Waals surface area contributed by atoms with Crippen molar-refractivity contribution in [1.82, 2.24) is 5.32 Å². The molecule has 4 unspecified atom stereocenters. The van der Waals surface area contributed by atoms with Gasteiger partial charge in [0.05, 0.1) is 24.9 Å². The average Bonchev–Trinajstić information content (AvgIpc) is 2.98. The minimum atomic E-state index is -0.556. The number of hydrogen-bond acceptors (Lipinski definition) is 9. The predicted molar refractivity (Wildman–Crippen MR) is 171 cm³/mol. The summed E-state index contributed by atoms with van der Waals surface area (Å²) in [4.78, 5) is 17.5. The zero-order valence-corrected chi connectivity index (χ0v) is 30.0. The maximum atomic E-state index is 10.0. The summed E-state index contributed by atoms with van der Waals surface area (Å²) in [5.41, 5.74) is 8.34. The van der Waals surface area contributed by atoms with E-state index in [4.69, 9.17) is 19.4 Å². The van der Waals surface area contributed by atoms with E-state index in [9.17, 15) is 15.0 Å². The van der Waals surface area contributed by atoms with Crippen LogP contribution in [0.2, 0.25) is 0 Å². The number of rotatable bonds is 11. The Bertz CT molecular complexity index is 891.